The number of benzene rings is 1. The average molecular weight is 230 g/mol. The SMILES string of the molecule is C=CCCCCCC(O)C1Cc2ccccc21. The van der Waals surface area contributed by atoms with Gasteiger partial charge in [-0.1, -0.05) is 43.2 Å². The molecule has 1 aromatic carbocycles. The van der Waals surface area contributed by atoms with Gasteiger partial charge in [0, 0.05) is 5.92 Å². The van der Waals surface area contributed by atoms with Gasteiger partial charge in [0.15, 0.2) is 0 Å². The minimum atomic E-state index is -0.145. The van der Waals surface area contributed by atoms with Crippen LogP contribution in [0.4, 0.5) is 0 Å². The second-order valence-corrected chi connectivity index (χ2v) is 5.00. The van der Waals surface area contributed by atoms with Crippen molar-refractivity contribution >= 4 is 0 Å². The highest BCUT2D eigenvalue weighted by atomic mass is 16.3. The Labute approximate surface area is 104 Å². The van der Waals surface area contributed by atoms with Crippen LogP contribution in [0.15, 0.2) is 36.9 Å². The lowest BCUT2D eigenvalue weighted by molar-refractivity contribution is 0.120. The summed E-state index contributed by atoms with van der Waals surface area (Å²) in [5.41, 5.74) is 2.79. The number of unbranched alkanes of at least 4 members (excludes halogenated alkanes) is 3. The Morgan fingerprint density at radius 2 is 2.12 bits per heavy atom. The molecule has 0 bridgehead atoms. The van der Waals surface area contributed by atoms with Crippen LogP contribution in [0.3, 0.4) is 0 Å². The van der Waals surface area contributed by atoms with Crippen molar-refractivity contribution in [3.8, 4) is 0 Å². The van der Waals surface area contributed by atoms with Gasteiger partial charge in [0.05, 0.1) is 6.10 Å². The van der Waals surface area contributed by atoms with E-state index in [1.165, 1.54) is 24.0 Å². The third-order valence-corrected chi connectivity index (χ3v) is 3.77. The van der Waals surface area contributed by atoms with Crippen LogP contribution in [0.1, 0.15) is 49.1 Å². The predicted octanol–water partition coefficient (Wildman–Crippen LogP) is 3.82. The van der Waals surface area contributed by atoms with Crippen molar-refractivity contribution < 1.29 is 5.11 Å². The lowest BCUT2D eigenvalue weighted by atomic mass is 9.73. The van der Waals surface area contributed by atoms with E-state index in [2.05, 4.69) is 30.8 Å². The fourth-order valence-electron chi connectivity index (χ4n) is 2.66. The van der Waals surface area contributed by atoms with Gasteiger partial charge in [-0.2, -0.15) is 0 Å². The lowest BCUT2D eigenvalue weighted by Crippen LogP contribution is -2.28. The smallest absolute Gasteiger partial charge is 0.0612 e. The molecule has 0 aliphatic heterocycles. The molecule has 2 atom stereocenters. The van der Waals surface area contributed by atoms with E-state index < -0.39 is 0 Å². The van der Waals surface area contributed by atoms with Crippen LogP contribution in [0.2, 0.25) is 0 Å². The zero-order chi connectivity index (χ0) is 12.1. The standard InChI is InChI=1S/C16H22O/c1-2-3-4-5-6-11-16(17)15-12-13-9-7-8-10-14(13)15/h2,7-10,15-17H,1,3-6,11-12H2. The largest absolute Gasteiger partial charge is 0.392 e. The van der Waals surface area contributed by atoms with Gasteiger partial charge in [-0.15, -0.1) is 6.58 Å². The maximum absolute atomic E-state index is 10.2. The van der Waals surface area contributed by atoms with E-state index in [9.17, 15) is 5.11 Å². The number of fused-ring (bicyclic) bond motifs is 1. The van der Waals surface area contributed by atoms with Crippen molar-refractivity contribution in [1.82, 2.24) is 0 Å². The first-order valence-corrected chi connectivity index (χ1v) is 6.69. The number of rotatable bonds is 7. The molecule has 0 saturated carbocycles. The Kier molecular flexibility index (Phi) is 4.38. The third-order valence-electron chi connectivity index (χ3n) is 3.77. The van der Waals surface area contributed by atoms with Crippen molar-refractivity contribution in [3.63, 3.8) is 0 Å². The van der Waals surface area contributed by atoms with E-state index in [0.29, 0.717) is 5.92 Å². The fraction of sp³-hybridized carbons (Fsp3) is 0.500. The maximum Gasteiger partial charge on any atom is 0.0612 e. The molecule has 92 valence electrons. The molecule has 0 saturated heterocycles. The van der Waals surface area contributed by atoms with Gasteiger partial charge in [0.2, 0.25) is 0 Å². The fourth-order valence-corrected chi connectivity index (χ4v) is 2.66. The van der Waals surface area contributed by atoms with Crippen LogP contribution in [-0.2, 0) is 6.42 Å². The first kappa shape index (κ1) is 12.4. The molecule has 2 unspecified atom stereocenters. The average Bonchev–Trinajstić information content (AvgIpc) is 2.30. The Hall–Kier alpha value is -1.08. The molecule has 1 N–H and O–H groups in total. The Morgan fingerprint density at radius 3 is 2.88 bits per heavy atom. The molecule has 0 aromatic heterocycles. The Morgan fingerprint density at radius 1 is 1.29 bits per heavy atom. The summed E-state index contributed by atoms with van der Waals surface area (Å²) in [4.78, 5) is 0. The van der Waals surface area contributed by atoms with E-state index in [-0.39, 0.29) is 6.10 Å². The second-order valence-electron chi connectivity index (χ2n) is 5.00. The highest BCUT2D eigenvalue weighted by molar-refractivity contribution is 5.40. The number of hydrogen-bond acceptors (Lipinski definition) is 1. The molecule has 0 spiro atoms. The Bertz CT molecular complexity index is 370. The summed E-state index contributed by atoms with van der Waals surface area (Å²) >= 11 is 0. The van der Waals surface area contributed by atoms with Crippen LogP contribution in [0.25, 0.3) is 0 Å². The van der Waals surface area contributed by atoms with Crippen molar-refractivity contribution in [2.75, 3.05) is 0 Å². The predicted molar refractivity (Wildman–Crippen MR) is 72.2 cm³/mol. The zero-order valence-corrected chi connectivity index (χ0v) is 10.4. The summed E-state index contributed by atoms with van der Waals surface area (Å²) in [6.45, 7) is 3.72. The number of aliphatic hydroxyl groups is 1. The second kappa shape index (κ2) is 6.02. The summed E-state index contributed by atoms with van der Waals surface area (Å²) in [5, 5.41) is 10.2. The molecular formula is C16H22O. The van der Waals surface area contributed by atoms with Crippen LogP contribution in [-0.4, -0.2) is 11.2 Å². The zero-order valence-electron chi connectivity index (χ0n) is 10.4. The molecule has 0 heterocycles. The highest BCUT2D eigenvalue weighted by Crippen LogP contribution is 2.38. The van der Waals surface area contributed by atoms with Gasteiger partial charge in [-0.3, -0.25) is 0 Å². The van der Waals surface area contributed by atoms with E-state index in [0.717, 1.165) is 25.7 Å². The van der Waals surface area contributed by atoms with Crippen molar-refractivity contribution in [2.24, 2.45) is 0 Å². The number of hydrogen-bond donors (Lipinski definition) is 1. The van der Waals surface area contributed by atoms with E-state index >= 15 is 0 Å². The molecule has 0 amide bonds. The summed E-state index contributed by atoms with van der Waals surface area (Å²) in [5.74, 6) is 0.394. The van der Waals surface area contributed by atoms with Gasteiger partial charge in [-0.05, 0) is 36.8 Å². The quantitative estimate of drug-likeness (QED) is 0.557. The van der Waals surface area contributed by atoms with Gasteiger partial charge < -0.3 is 5.11 Å². The summed E-state index contributed by atoms with van der Waals surface area (Å²) < 4.78 is 0. The summed E-state index contributed by atoms with van der Waals surface area (Å²) in [6.07, 6.45) is 8.47. The van der Waals surface area contributed by atoms with Crippen LogP contribution < -0.4 is 0 Å². The molecule has 1 aromatic rings. The first-order chi connectivity index (χ1) is 8.33. The van der Waals surface area contributed by atoms with Gasteiger partial charge in [0.1, 0.15) is 0 Å². The highest BCUT2D eigenvalue weighted by Gasteiger charge is 2.30. The van der Waals surface area contributed by atoms with Crippen LogP contribution >= 0.6 is 0 Å². The topological polar surface area (TPSA) is 20.2 Å². The minimum Gasteiger partial charge on any atom is -0.392 e. The van der Waals surface area contributed by atoms with Gasteiger partial charge >= 0.3 is 0 Å². The minimum absolute atomic E-state index is 0.145. The molecule has 0 radical (unpaired) electrons. The van der Waals surface area contributed by atoms with Crippen LogP contribution in [0, 0.1) is 0 Å². The first-order valence-electron chi connectivity index (χ1n) is 6.69. The molecule has 1 heteroatoms. The van der Waals surface area contributed by atoms with Gasteiger partial charge in [-0.25, -0.2) is 0 Å². The Balaban J connectivity index is 1.72. The summed E-state index contributed by atoms with van der Waals surface area (Å²) in [7, 11) is 0. The van der Waals surface area contributed by atoms with Crippen molar-refractivity contribution in [1.29, 1.82) is 0 Å². The molecule has 2 rings (SSSR count). The normalized spacial score (nSPS) is 19.2. The van der Waals surface area contributed by atoms with E-state index in [1.807, 2.05) is 6.08 Å². The number of allylic oxidation sites excluding steroid dienone is 1. The third kappa shape index (κ3) is 2.98. The van der Waals surface area contributed by atoms with E-state index in [1.54, 1.807) is 0 Å². The molecule has 1 aliphatic rings. The molecule has 1 aliphatic carbocycles. The molecular weight excluding hydrogens is 208 g/mol. The summed E-state index contributed by atoms with van der Waals surface area (Å²) in [6, 6.07) is 8.48. The van der Waals surface area contributed by atoms with Gasteiger partial charge in [0.25, 0.3) is 0 Å². The molecule has 1 nitrogen and oxygen atoms in total. The van der Waals surface area contributed by atoms with E-state index in [4.69, 9.17) is 0 Å². The number of aliphatic hydroxyl groups excluding tert-OH is 1. The lowest BCUT2D eigenvalue weighted by Gasteiger charge is -2.34. The molecule has 0 fully saturated rings. The van der Waals surface area contributed by atoms with Crippen LogP contribution in [0.5, 0.6) is 0 Å². The van der Waals surface area contributed by atoms with Crippen molar-refractivity contribution in [2.45, 2.75) is 50.5 Å². The molecule has 17 heavy (non-hydrogen) atoms. The monoisotopic (exact) mass is 230 g/mol. The van der Waals surface area contributed by atoms with Crippen molar-refractivity contribution in [3.05, 3.63) is 48.0 Å². The maximum atomic E-state index is 10.2.